The molecule has 0 aromatic heterocycles. The summed E-state index contributed by atoms with van der Waals surface area (Å²) >= 11 is 0. The molecule has 16 heavy (non-hydrogen) atoms. The predicted molar refractivity (Wildman–Crippen MR) is 56.8 cm³/mol. The van der Waals surface area contributed by atoms with Gasteiger partial charge in [0.1, 0.15) is 0 Å². The summed E-state index contributed by atoms with van der Waals surface area (Å²) in [6, 6.07) is 8.72. The zero-order valence-electron chi connectivity index (χ0n) is 8.83. The number of benzene rings is 1. The standard InChI is InChI=1S/C12H14O4/c13-11(9-5-2-1-3-6-9)16-10-7-4-8-15-12(10)14/h1-3,5-6,10,12,14H,4,7-8H2/t10-,12+/m1/s1. The topological polar surface area (TPSA) is 55.8 Å². The van der Waals surface area contributed by atoms with E-state index in [4.69, 9.17) is 9.47 Å². The summed E-state index contributed by atoms with van der Waals surface area (Å²) in [5, 5.41) is 9.47. The smallest absolute Gasteiger partial charge is 0.338 e. The Morgan fingerprint density at radius 2 is 2.12 bits per heavy atom. The number of carbonyl (C=O) groups is 1. The largest absolute Gasteiger partial charge is 0.453 e. The quantitative estimate of drug-likeness (QED) is 0.767. The molecule has 0 bridgehead atoms. The molecule has 2 atom stereocenters. The molecule has 4 nitrogen and oxygen atoms in total. The minimum atomic E-state index is -0.999. The number of carbonyl (C=O) groups excluding carboxylic acids is 1. The van der Waals surface area contributed by atoms with Gasteiger partial charge in [-0.3, -0.25) is 0 Å². The molecule has 4 heteroatoms. The van der Waals surface area contributed by atoms with E-state index in [2.05, 4.69) is 0 Å². The lowest BCUT2D eigenvalue weighted by Gasteiger charge is -2.27. The summed E-state index contributed by atoms with van der Waals surface area (Å²) in [4.78, 5) is 11.7. The summed E-state index contributed by atoms with van der Waals surface area (Å²) in [7, 11) is 0. The first kappa shape index (κ1) is 11.1. The minimum Gasteiger partial charge on any atom is -0.453 e. The van der Waals surface area contributed by atoms with Crippen LogP contribution in [-0.4, -0.2) is 30.1 Å². The van der Waals surface area contributed by atoms with E-state index in [1.54, 1.807) is 24.3 Å². The van der Waals surface area contributed by atoms with Gasteiger partial charge >= 0.3 is 5.97 Å². The first-order chi connectivity index (χ1) is 7.77. The van der Waals surface area contributed by atoms with E-state index in [1.165, 1.54) is 0 Å². The van der Waals surface area contributed by atoms with Crippen LogP contribution >= 0.6 is 0 Å². The Labute approximate surface area is 93.8 Å². The zero-order valence-corrected chi connectivity index (χ0v) is 8.83. The summed E-state index contributed by atoms with van der Waals surface area (Å²) in [6.45, 7) is 0.514. The van der Waals surface area contributed by atoms with Gasteiger partial charge in [-0.05, 0) is 25.0 Å². The molecule has 0 unspecified atom stereocenters. The Kier molecular flexibility index (Phi) is 3.54. The van der Waals surface area contributed by atoms with Gasteiger partial charge in [-0.15, -0.1) is 0 Å². The second-order valence-corrected chi connectivity index (χ2v) is 3.71. The average molecular weight is 222 g/mol. The van der Waals surface area contributed by atoms with Crippen molar-refractivity contribution in [1.82, 2.24) is 0 Å². The van der Waals surface area contributed by atoms with Gasteiger partial charge in [0.05, 0.1) is 12.2 Å². The summed E-state index contributed by atoms with van der Waals surface area (Å²) in [5.74, 6) is -0.421. The van der Waals surface area contributed by atoms with Crippen molar-refractivity contribution in [3.63, 3.8) is 0 Å². The van der Waals surface area contributed by atoms with Crippen LogP contribution in [0.1, 0.15) is 23.2 Å². The van der Waals surface area contributed by atoms with E-state index in [0.29, 0.717) is 18.6 Å². The molecular formula is C12H14O4. The molecule has 1 aliphatic heterocycles. The van der Waals surface area contributed by atoms with Crippen molar-refractivity contribution < 1.29 is 19.4 Å². The minimum absolute atomic E-state index is 0.421. The molecule has 1 aromatic rings. The van der Waals surface area contributed by atoms with Crippen molar-refractivity contribution in [2.75, 3.05) is 6.61 Å². The fourth-order valence-electron chi connectivity index (χ4n) is 1.64. The van der Waals surface area contributed by atoms with Gasteiger partial charge in [0.2, 0.25) is 0 Å². The number of aliphatic hydroxyl groups excluding tert-OH is 1. The molecule has 1 fully saturated rings. The van der Waals surface area contributed by atoms with Crippen LogP contribution < -0.4 is 0 Å². The maximum absolute atomic E-state index is 11.7. The summed E-state index contributed by atoms with van der Waals surface area (Å²) in [5.41, 5.74) is 0.486. The number of aliphatic hydroxyl groups is 1. The van der Waals surface area contributed by atoms with Gasteiger partial charge < -0.3 is 14.6 Å². The highest BCUT2D eigenvalue weighted by atomic mass is 16.6. The highest BCUT2D eigenvalue weighted by molar-refractivity contribution is 5.89. The molecule has 1 aromatic carbocycles. The lowest BCUT2D eigenvalue weighted by atomic mass is 10.1. The zero-order chi connectivity index (χ0) is 11.4. The monoisotopic (exact) mass is 222 g/mol. The molecule has 2 rings (SSSR count). The SMILES string of the molecule is O=C(O[C@@H]1CCCO[C@@H]1O)c1ccccc1. The Bertz CT molecular complexity index is 349. The van der Waals surface area contributed by atoms with E-state index >= 15 is 0 Å². The van der Waals surface area contributed by atoms with E-state index in [-0.39, 0.29) is 0 Å². The summed E-state index contributed by atoms with van der Waals surface area (Å²) < 4.78 is 10.2. The van der Waals surface area contributed by atoms with E-state index in [1.807, 2.05) is 6.07 Å². The third kappa shape index (κ3) is 2.59. The van der Waals surface area contributed by atoms with Crippen LogP contribution in [0.2, 0.25) is 0 Å². The maximum Gasteiger partial charge on any atom is 0.338 e. The Balaban J connectivity index is 1.96. The van der Waals surface area contributed by atoms with Gasteiger partial charge in [-0.25, -0.2) is 4.79 Å². The molecule has 0 saturated carbocycles. The fraction of sp³-hybridized carbons (Fsp3) is 0.417. The predicted octanol–water partition coefficient (Wildman–Crippen LogP) is 1.34. The van der Waals surface area contributed by atoms with Crippen LogP contribution in [0.4, 0.5) is 0 Å². The van der Waals surface area contributed by atoms with Crippen molar-refractivity contribution in [3.8, 4) is 0 Å². The van der Waals surface area contributed by atoms with E-state index < -0.39 is 18.4 Å². The second kappa shape index (κ2) is 5.09. The van der Waals surface area contributed by atoms with Gasteiger partial charge in [0.15, 0.2) is 12.4 Å². The third-order valence-electron chi connectivity index (χ3n) is 2.51. The van der Waals surface area contributed by atoms with Gasteiger partial charge in [0.25, 0.3) is 0 Å². The van der Waals surface area contributed by atoms with Crippen LogP contribution in [0.15, 0.2) is 30.3 Å². The van der Waals surface area contributed by atoms with Crippen LogP contribution in [0.5, 0.6) is 0 Å². The fourth-order valence-corrected chi connectivity index (χ4v) is 1.64. The highest BCUT2D eigenvalue weighted by Gasteiger charge is 2.27. The third-order valence-corrected chi connectivity index (χ3v) is 2.51. The highest BCUT2D eigenvalue weighted by Crippen LogP contribution is 2.17. The number of hydrogen-bond donors (Lipinski definition) is 1. The van der Waals surface area contributed by atoms with Gasteiger partial charge in [-0.1, -0.05) is 18.2 Å². The molecule has 0 aliphatic carbocycles. The normalized spacial score (nSPS) is 25.1. The van der Waals surface area contributed by atoms with E-state index in [9.17, 15) is 9.90 Å². The number of hydrogen-bond acceptors (Lipinski definition) is 4. The summed E-state index contributed by atoms with van der Waals surface area (Å²) in [6.07, 6.45) is -0.119. The van der Waals surface area contributed by atoms with Crippen molar-refractivity contribution in [2.45, 2.75) is 25.2 Å². The molecule has 0 radical (unpaired) electrons. The molecular weight excluding hydrogens is 208 g/mol. The van der Waals surface area contributed by atoms with E-state index in [0.717, 1.165) is 6.42 Å². The molecule has 1 saturated heterocycles. The van der Waals surface area contributed by atoms with Gasteiger partial charge in [0, 0.05) is 0 Å². The van der Waals surface area contributed by atoms with Crippen LogP contribution in [0, 0.1) is 0 Å². The molecule has 1 N–H and O–H groups in total. The van der Waals surface area contributed by atoms with Crippen molar-refractivity contribution >= 4 is 5.97 Å². The molecule has 1 aliphatic rings. The average Bonchev–Trinajstić information content (AvgIpc) is 2.33. The van der Waals surface area contributed by atoms with Crippen LogP contribution in [-0.2, 0) is 9.47 Å². The lowest BCUT2D eigenvalue weighted by molar-refractivity contribution is -0.186. The number of esters is 1. The molecule has 0 spiro atoms. The molecule has 1 heterocycles. The lowest BCUT2D eigenvalue weighted by Crippen LogP contribution is -2.37. The van der Waals surface area contributed by atoms with Crippen molar-refractivity contribution in [3.05, 3.63) is 35.9 Å². The van der Waals surface area contributed by atoms with Crippen LogP contribution in [0.25, 0.3) is 0 Å². The first-order valence-electron chi connectivity index (χ1n) is 5.33. The van der Waals surface area contributed by atoms with Gasteiger partial charge in [-0.2, -0.15) is 0 Å². The van der Waals surface area contributed by atoms with Crippen molar-refractivity contribution in [2.24, 2.45) is 0 Å². The second-order valence-electron chi connectivity index (χ2n) is 3.71. The number of rotatable bonds is 2. The van der Waals surface area contributed by atoms with Crippen molar-refractivity contribution in [1.29, 1.82) is 0 Å². The Hall–Kier alpha value is -1.39. The Morgan fingerprint density at radius 1 is 1.38 bits per heavy atom. The number of ether oxygens (including phenoxy) is 2. The maximum atomic E-state index is 11.7. The molecule has 0 amide bonds. The molecule has 86 valence electrons. The Morgan fingerprint density at radius 3 is 2.81 bits per heavy atom. The van der Waals surface area contributed by atoms with Crippen LogP contribution in [0.3, 0.4) is 0 Å². The first-order valence-corrected chi connectivity index (χ1v) is 5.33.